The van der Waals surface area contributed by atoms with Crippen LogP contribution < -0.4 is 0 Å². The molecule has 0 aromatic carbocycles. The summed E-state index contributed by atoms with van der Waals surface area (Å²) in [4.78, 5) is 10.8. The Morgan fingerprint density at radius 2 is 1.89 bits per heavy atom. The van der Waals surface area contributed by atoms with Crippen molar-refractivity contribution in [2.45, 2.75) is 51.8 Å². The quantitative estimate of drug-likeness (QED) is 0.304. The van der Waals surface area contributed by atoms with Crippen molar-refractivity contribution in [1.29, 1.82) is 0 Å². The number of hydrogen-bond acceptors (Lipinski definition) is 5. The fourth-order valence-corrected chi connectivity index (χ4v) is 1.08. The summed E-state index contributed by atoms with van der Waals surface area (Å²) < 4.78 is 10.2. The highest BCUT2D eigenvalue weighted by Crippen LogP contribution is 2.21. The standard InChI is InChI=1S/C13H24N2O3/c1-7-11(16)18-10-8-9-13(5,17-6)15-14-12(2,3)4/h7H,1,8-10H2,2-6H3/b15-14+. The largest absolute Gasteiger partial charge is 0.463 e. The second-order valence-electron chi connectivity index (χ2n) is 5.23. The molecular weight excluding hydrogens is 232 g/mol. The van der Waals surface area contributed by atoms with Gasteiger partial charge in [-0.15, -0.1) is 0 Å². The van der Waals surface area contributed by atoms with Crippen molar-refractivity contribution in [3.63, 3.8) is 0 Å². The van der Waals surface area contributed by atoms with Gasteiger partial charge in [0.05, 0.1) is 12.1 Å². The molecule has 0 bridgehead atoms. The molecule has 1 atom stereocenters. The summed E-state index contributed by atoms with van der Waals surface area (Å²) in [7, 11) is 1.59. The minimum Gasteiger partial charge on any atom is -0.463 e. The first-order valence-electron chi connectivity index (χ1n) is 6.01. The summed E-state index contributed by atoms with van der Waals surface area (Å²) in [5.74, 6) is -0.412. The summed E-state index contributed by atoms with van der Waals surface area (Å²) in [6.07, 6.45) is 2.44. The van der Waals surface area contributed by atoms with Gasteiger partial charge in [-0.05, 0) is 34.1 Å². The van der Waals surface area contributed by atoms with E-state index in [0.717, 1.165) is 6.08 Å². The highest BCUT2D eigenvalue weighted by atomic mass is 16.5. The number of esters is 1. The van der Waals surface area contributed by atoms with Gasteiger partial charge in [0.1, 0.15) is 0 Å². The fourth-order valence-electron chi connectivity index (χ4n) is 1.08. The maximum Gasteiger partial charge on any atom is 0.330 e. The lowest BCUT2D eigenvalue weighted by atomic mass is 10.1. The Labute approximate surface area is 109 Å². The predicted octanol–water partition coefficient (Wildman–Crippen LogP) is 3.11. The van der Waals surface area contributed by atoms with Crippen molar-refractivity contribution >= 4 is 5.97 Å². The molecule has 0 aliphatic carbocycles. The van der Waals surface area contributed by atoms with Crippen LogP contribution in [0.1, 0.15) is 40.5 Å². The third-order valence-electron chi connectivity index (χ3n) is 2.20. The Morgan fingerprint density at radius 1 is 1.28 bits per heavy atom. The van der Waals surface area contributed by atoms with Crippen LogP contribution >= 0.6 is 0 Å². The van der Waals surface area contributed by atoms with Gasteiger partial charge >= 0.3 is 5.97 Å². The van der Waals surface area contributed by atoms with E-state index in [4.69, 9.17) is 9.47 Å². The first kappa shape index (κ1) is 16.8. The second kappa shape index (κ2) is 7.26. The predicted molar refractivity (Wildman–Crippen MR) is 70.4 cm³/mol. The molecule has 0 spiro atoms. The molecule has 104 valence electrons. The first-order chi connectivity index (χ1) is 8.22. The maximum atomic E-state index is 10.8. The second-order valence-corrected chi connectivity index (χ2v) is 5.23. The molecule has 0 radical (unpaired) electrons. The lowest BCUT2D eigenvalue weighted by molar-refractivity contribution is -0.138. The summed E-state index contributed by atoms with van der Waals surface area (Å²) >= 11 is 0. The number of carbonyl (C=O) groups excluding carboxylic acids is 1. The van der Waals surface area contributed by atoms with Crippen molar-refractivity contribution in [1.82, 2.24) is 0 Å². The topological polar surface area (TPSA) is 60.2 Å². The number of carbonyl (C=O) groups is 1. The number of azo groups is 1. The fraction of sp³-hybridized carbons (Fsp3) is 0.769. The monoisotopic (exact) mass is 256 g/mol. The van der Waals surface area contributed by atoms with Crippen LogP contribution in [0.5, 0.6) is 0 Å². The van der Waals surface area contributed by atoms with Gasteiger partial charge in [0, 0.05) is 19.6 Å². The summed E-state index contributed by atoms with van der Waals surface area (Å²) in [6, 6.07) is 0. The van der Waals surface area contributed by atoms with Crippen LogP contribution in [0.2, 0.25) is 0 Å². The summed E-state index contributed by atoms with van der Waals surface area (Å²) in [6.45, 7) is 11.4. The highest BCUT2D eigenvalue weighted by Gasteiger charge is 2.23. The van der Waals surface area contributed by atoms with E-state index in [-0.39, 0.29) is 5.54 Å². The molecular formula is C13H24N2O3. The molecule has 5 heteroatoms. The molecule has 0 saturated heterocycles. The van der Waals surface area contributed by atoms with Crippen molar-refractivity contribution in [3.05, 3.63) is 12.7 Å². The molecule has 0 aliphatic rings. The van der Waals surface area contributed by atoms with Gasteiger partial charge in [0.25, 0.3) is 0 Å². The van der Waals surface area contributed by atoms with Crippen LogP contribution in [0.3, 0.4) is 0 Å². The number of methoxy groups -OCH3 is 1. The molecule has 0 aromatic rings. The molecule has 0 saturated carbocycles. The van der Waals surface area contributed by atoms with Crippen LogP contribution in [-0.2, 0) is 14.3 Å². The van der Waals surface area contributed by atoms with E-state index >= 15 is 0 Å². The molecule has 5 nitrogen and oxygen atoms in total. The smallest absolute Gasteiger partial charge is 0.330 e. The Kier molecular flexibility index (Phi) is 6.76. The molecule has 0 fully saturated rings. The van der Waals surface area contributed by atoms with E-state index in [1.54, 1.807) is 7.11 Å². The molecule has 0 rings (SSSR count). The van der Waals surface area contributed by atoms with Gasteiger partial charge in [-0.1, -0.05) is 6.58 Å². The van der Waals surface area contributed by atoms with Crippen molar-refractivity contribution in [2.75, 3.05) is 13.7 Å². The zero-order valence-corrected chi connectivity index (χ0v) is 12.0. The van der Waals surface area contributed by atoms with Crippen molar-refractivity contribution in [2.24, 2.45) is 10.2 Å². The molecule has 0 N–H and O–H groups in total. The van der Waals surface area contributed by atoms with Crippen LogP contribution in [0.15, 0.2) is 22.9 Å². The third-order valence-corrected chi connectivity index (χ3v) is 2.20. The Balaban J connectivity index is 4.20. The van der Waals surface area contributed by atoms with E-state index in [1.807, 2.05) is 27.7 Å². The van der Waals surface area contributed by atoms with E-state index < -0.39 is 11.7 Å². The van der Waals surface area contributed by atoms with Crippen molar-refractivity contribution in [3.8, 4) is 0 Å². The van der Waals surface area contributed by atoms with Crippen LogP contribution in [0.4, 0.5) is 0 Å². The third kappa shape index (κ3) is 7.95. The number of rotatable bonds is 7. The Hall–Kier alpha value is -1.23. The van der Waals surface area contributed by atoms with Crippen LogP contribution in [0, 0.1) is 0 Å². The molecule has 18 heavy (non-hydrogen) atoms. The van der Waals surface area contributed by atoms with E-state index in [9.17, 15) is 4.79 Å². The highest BCUT2D eigenvalue weighted by molar-refractivity contribution is 5.81. The van der Waals surface area contributed by atoms with Gasteiger partial charge in [-0.25, -0.2) is 4.79 Å². The lowest BCUT2D eigenvalue weighted by Crippen LogP contribution is -2.26. The average Bonchev–Trinajstić information content (AvgIpc) is 2.31. The van der Waals surface area contributed by atoms with Gasteiger partial charge < -0.3 is 9.47 Å². The lowest BCUT2D eigenvalue weighted by Gasteiger charge is -2.23. The van der Waals surface area contributed by atoms with E-state index in [1.165, 1.54) is 0 Å². The SMILES string of the molecule is C=CC(=O)OCCCC(C)(/N=N/C(C)(C)C)OC. The molecule has 0 heterocycles. The molecule has 1 unspecified atom stereocenters. The summed E-state index contributed by atoms with van der Waals surface area (Å²) in [5, 5.41) is 8.43. The number of hydrogen-bond donors (Lipinski definition) is 0. The zero-order chi connectivity index (χ0) is 14.2. The van der Waals surface area contributed by atoms with Gasteiger partial charge in [0.15, 0.2) is 5.72 Å². The van der Waals surface area contributed by atoms with E-state index in [0.29, 0.717) is 19.4 Å². The number of nitrogens with zero attached hydrogens (tertiary/aromatic N) is 2. The van der Waals surface area contributed by atoms with Crippen LogP contribution in [-0.4, -0.2) is 30.9 Å². The van der Waals surface area contributed by atoms with Gasteiger partial charge in [0.2, 0.25) is 0 Å². The molecule has 0 amide bonds. The van der Waals surface area contributed by atoms with Crippen LogP contribution in [0.25, 0.3) is 0 Å². The van der Waals surface area contributed by atoms with E-state index in [2.05, 4.69) is 16.8 Å². The maximum absolute atomic E-state index is 10.8. The van der Waals surface area contributed by atoms with Crippen molar-refractivity contribution < 1.29 is 14.3 Å². The normalized spacial score (nSPS) is 15.4. The molecule has 0 aromatic heterocycles. The average molecular weight is 256 g/mol. The Bertz CT molecular complexity index is 308. The zero-order valence-electron chi connectivity index (χ0n) is 12.0. The molecule has 0 aliphatic heterocycles. The van der Waals surface area contributed by atoms with Gasteiger partial charge in [-0.2, -0.15) is 10.2 Å². The minimum absolute atomic E-state index is 0.227. The van der Waals surface area contributed by atoms with Gasteiger partial charge in [-0.3, -0.25) is 0 Å². The summed E-state index contributed by atoms with van der Waals surface area (Å²) in [5.41, 5.74) is -0.900. The number of ether oxygens (including phenoxy) is 2. The first-order valence-corrected chi connectivity index (χ1v) is 6.01. The minimum atomic E-state index is -0.673. The Morgan fingerprint density at radius 3 is 2.33 bits per heavy atom.